The molecule has 0 fully saturated rings. The van der Waals surface area contributed by atoms with Crippen molar-refractivity contribution < 1.29 is 9.76 Å². The van der Waals surface area contributed by atoms with Gasteiger partial charge in [0.1, 0.15) is 0 Å². The minimum Gasteiger partial charge on any atom is -0.427 e. The summed E-state index contributed by atoms with van der Waals surface area (Å²) in [6.07, 6.45) is 0. The highest BCUT2D eigenvalue weighted by Crippen LogP contribution is 2.39. The average Bonchev–Trinajstić information content (AvgIpc) is 2.95. The fraction of sp³-hybridized carbons (Fsp3) is 0.167. The standard InChI is InChI=1S/C36H32BO2/c1-35(2,38)36(3,4)39-37-34-20-12-11-19-32(34)26-14-6-5-13-25(26)24-21-22-31-29-17-8-7-15-27(29)28-16-9-10-18-30(28)33(31)23-24/h5-23,38H,1-4H3. The van der Waals surface area contributed by atoms with Gasteiger partial charge in [-0.05, 0) is 93.8 Å². The van der Waals surface area contributed by atoms with Gasteiger partial charge in [-0.1, -0.05) is 109 Å². The molecular weight excluding hydrogens is 475 g/mol. The maximum atomic E-state index is 10.6. The molecule has 6 aromatic carbocycles. The van der Waals surface area contributed by atoms with Gasteiger partial charge in [-0.2, -0.15) is 0 Å². The van der Waals surface area contributed by atoms with Crippen molar-refractivity contribution in [2.75, 3.05) is 0 Å². The van der Waals surface area contributed by atoms with Crippen molar-refractivity contribution >= 4 is 45.3 Å². The molecule has 0 spiro atoms. The lowest BCUT2D eigenvalue weighted by Gasteiger charge is -2.37. The van der Waals surface area contributed by atoms with E-state index in [1.54, 1.807) is 21.3 Å². The molecule has 0 saturated carbocycles. The van der Waals surface area contributed by atoms with Crippen molar-refractivity contribution in [3.63, 3.8) is 0 Å². The number of hydrogen-bond donors (Lipinski definition) is 1. The van der Waals surface area contributed by atoms with Crippen LogP contribution in [-0.2, 0) is 4.65 Å². The number of aliphatic hydroxyl groups is 1. The summed E-state index contributed by atoms with van der Waals surface area (Å²) in [7, 11) is 1.78. The molecule has 2 nitrogen and oxygen atoms in total. The van der Waals surface area contributed by atoms with E-state index >= 15 is 0 Å². The highest BCUT2D eigenvalue weighted by molar-refractivity contribution is 6.49. The Labute approximate surface area is 231 Å². The van der Waals surface area contributed by atoms with Crippen molar-refractivity contribution in [3.8, 4) is 22.3 Å². The van der Waals surface area contributed by atoms with Crippen molar-refractivity contribution in [2.45, 2.75) is 38.9 Å². The lowest BCUT2D eigenvalue weighted by atomic mass is 9.77. The fourth-order valence-corrected chi connectivity index (χ4v) is 5.24. The molecule has 0 atom stereocenters. The quantitative estimate of drug-likeness (QED) is 0.182. The van der Waals surface area contributed by atoms with E-state index in [1.165, 1.54) is 43.4 Å². The summed E-state index contributed by atoms with van der Waals surface area (Å²) >= 11 is 0. The van der Waals surface area contributed by atoms with Crippen LogP contribution in [-0.4, -0.2) is 23.8 Å². The van der Waals surface area contributed by atoms with E-state index in [2.05, 4.69) is 109 Å². The van der Waals surface area contributed by atoms with E-state index in [0.717, 1.165) is 16.6 Å². The zero-order chi connectivity index (χ0) is 27.2. The van der Waals surface area contributed by atoms with Gasteiger partial charge in [0.05, 0.1) is 11.2 Å². The van der Waals surface area contributed by atoms with E-state index in [9.17, 15) is 5.11 Å². The molecule has 1 radical (unpaired) electrons. The molecule has 0 saturated heterocycles. The number of hydrogen-bond acceptors (Lipinski definition) is 2. The van der Waals surface area contributed by atoms with Crippen LogP contribution in [0.15, 0.2) is 115 Å². The molecule has 39 heavy (non-hydrogen) atoms. The predicted molar refractivity (Wildman–Crippen MR) is 167 cm³/mol. The highest BCUT2D eigenvalue weighted by Gasteiger charge is 2.36. The van der Waals surface area contributed by atoms with Gasteiger partial charge in [-0.15, -0.1) is 0 Å². The smallest absolute Gasteiger partial charge is 0.331 e. The molecule has 0 aliphatic heterocycles. The first-order valence-electron chi connectivity index (χ1n) is 13.5. The SMILES string of the molecule is CC(C)(O)C(C)(C)O[B]c1ccccc1-c1ccccc1-c1ccc2c3ccccc3c3ccccc3c2c1. The second kappa shape index (κ2) is 9.68. The van der Waals surface area contributed by atoms with Gasteiger partial charge in [-0.25, -0.2) is 0 Å². The third kappa shape index (κ3) is 4.52. The van der Waals surface area contributed by atoms with Gasteiger partial charge >= 0.3 is 7.48 Å². The van der Waals surface area contributed by atoms with Crippen LogP contribution in [0.25, 0.3) is 54.6 Å². The molecule has 3 heteroatoms. The molecule has 0 aliphatic rings. The fourth-order valence-electron chi connectivity index (χ4n) is 5.24. The van der Waals surface area contributed by atoms with Crippen molar-refractivity contribution in [3.05, 3.63) is 115 Å². The second-order valence-electron chi connectivity index (χ2n) is 11.3. The second-order valence-corrected chi connectivity index (χ2v) is 11.3. The summed E-state index contributed by atoms with van der Waals surface area (Å²) in [5.74, 6) is 0. The molecule has 1 N–H and O–H groups in total. The van der Waals surface area contributed by atoms with Gasteiger partial charge in [0.2, 0.25) is 0 Å². The molecule has 0 unspecified atom stereocenters. The maximum Gasteiger partial charge on any atom is 0.331 e. The monoisotopic (exact) mass is 507 g/mol. The number of fused-ring (bicyclic) bond motifs is 6. The van der Waals surface area contributed by atoms with Crippen LogP contribution in [0, 0.1) is 0 Å². The molecular formula is C36H32BO2. The van der Waals surface area contributed by atoms with Crippen LogP contribution in [0.1, 0.15) is 27.7 Å². The lowest BCUT2D eigenvalue weighted by Crippen LogP contribution is -2.49. The van der Waals surface area contributed by atoms with Crippen LogP contribution >= 0.6 is 0 Å². The first-order chi connectivity index (χ1) is 18.7. The molecule has 6 aromatic rings. The Morgan fingerprint density at radius 3 is 1.56 bits per heavy atom. The highest BCUT2D eigenvalue weighted by atomic mass is 16.5. The van der Waals surface area contributed by atoms with E-state index in [0.29, 0.717) is 0 Å². The molecule has 0 aliphatic carbocycles. The first-order valence-corrected chi connectivity index (χ1v) is 13.5. The minimum atomic E-state index is -0.992. The zero-order valence-electron chi connectivity index (χ0n) is 22.9. The van der Waals surface area contributed by atoms with Crippen LogP contribution in [0.5, 0.6) is 0 Å². The third-order valence-corrected chi connectivity index (χ3v) is 8.19. The van der Waals surface area contributed by atoms with Crippen LogP contribution < -0.4 is 5.46 Å². The summed E-state index contributed by atoms with van der Waals surface area (Å²) in [5.41, 5.74) is 3.79. The zero-order valence-corrected chi connectivity index (χ0v) is 22.9. The van der Waals surface area contributed by atoms with Crippen LogP contribution in [0.4, 0.5) is 0 Å². The maximum absolute atomic E-state index is 10.6. The molecule has 6 rings (SSSR count). The third-order valence-electron chi connectivity index (χ3n) is 8.19. The van der Waals surface area contributed by atoms with Gasteiger partial charge in [-0.3, -0.25) is 0 Å². The topological polar surface area (TPSA) is 29.5 Å². The van der Waals surface area contributed by atoms with Crippen molar-refractivity contribution in [1.29, 1.82) is 0 Å². The molecule has 0 amide bonds. The largest absolute Gasteiger partial charge is 0.427 e. The summed E-state index contributed by atoms with van der Waals surface area (Å²) in [6, 6.07) is 41.0. The van der Waals surface area contributed by atoms with E-state index < -0.39 is 11.2 Å². The summed E-state index contributed by atoms with van der Waals surface area (Å²) in [4.78, 5) is 0. The summed E-state index contributed by atoms with van der Waals surface area (Å²) < 4.78 is 6.16. The van der Waals surface area contributed by atoms with E-state index in [-0.39, 0.29) is 0 Å². The normalized spacial score (nSPS) is 12.3. The Bertz CT molecular complexity index is 1790. The summed E-state index contributed by atoms with van der Waals surface area (Å²) in [5, 5.41) is 18.2. The van der Waals surface area contributed by atoms with Crippen molar-refractivity contribution in [2.24, 2.45) is 0 Å². The lowest BCUT2D eigenvalue weighted by molar-refractivity contribution is -0.0893. The summed E-state index contributed by atoms with van der Waals surface area (Å²) in [6.45, 7) is 7.36. The minimum absolute atomic E-state index is 0.748. The Morgan fingerprint density at radius 2 is 0.974 bits per heavy atom. The first kappa shape index (κ1) is 25.4. The molecule has 0 aromatic heterocycles. The molecule has 0 heterocycles. The number of benzene rings is 6. The Hall–Kier alpha value is -3.92. The van der Waals surface area contributed by atoms with Gasteiger partial charge in [0.25, 0.3) is 0 Å². The average molecular weight is 507 g/mol. The Morgan fingerprint density at radius 1 is 0.513 bits per heavy atom. The van der Waals surface area contributed by atoms with Gasteiger partial charge in [0, 0.05) is 0 Å². The Balaban J connectivity index is 1.50. The van der Waals surface area contributed by atoms with E-state index in [4.69, 9.17) is 4.65 Å². The van der Waals surface area contributed by atoms with Crippen LogP contribution in [0.3, 0.4) is 0 Å². The van der Waals surface area contributed by atoms with Crippen molar-refractivity contribution in [1.82, 2.24) is 0 Å². The van der Waals surface area contributed by atoms with E-state index in [1.807, 2.05) is 19.9 Å². The Kier molecular flexibility index (Phi) is 6.30. The molecule has 191 valence electrons. The number of rotatable bonds is 6. The predicted octanol–water partition coefficient (Wildman–Crippen LogP) is 8.29. The van der Waals surface area contributed by atoms with Gasteiger partial charge < -0.3 is 9.76 Å². The van der Waals surface area contributed by atoms with Crippen LogP contribution in [0.2, 0.25) is 0 Å². The van der Waals surface area contributed by atoms with Gasteiger partial charge in [0.15, 0.2) is 0 Å². The molecule has 0 bridgehead atoms.